The molecule has 1 amide bonds. The summed E-state index contributed by atoms with van der Waals surface area (Å²) in [6, 6.07) is 15.0. The van der Waals surface area contributed by atoms with Gasteiger partial charge >= 0.3 is 0 Å². The molecule has 3 rings (SSSR count). The number of allylic oxidation sites excluding steroid dienone is 1. The second kappa shape index (κ2) is 9.77. The highest BCUT2D eigenvalue weighted by Crippen LogP contribution is 2.52. The van der Waals surface area contributed by atoms with E-state index in [1.54, 1.807) is 6.92 Å². The summed E-state index contributed by atoms with van der Waals surface area (Å²) in [5, 5.41) is 12.0. The number of halogens is 2. The summed E-state index contributed by atoms with van der Waals surface area (Å²) in [7, 11) is 0. The molecule has 166 valence electrons. The Morgan fingerprint density at radius 3 is 2.42 bits per heavy atom. The molecule has 5 heteroatoms. The van der Waals surface area contributed by atoms with Gasteiger partial charge in [-0.3, -0.25) is 4.79 Å². The number of aliphatic hydroxyl groups excluding tert-OH is 1. The molecule has 1 aliphatic heterocycles. The number of carbonyl (C=O) groups excluding carboxylic acids is 1. The number of benzene rings is 2. The van der Waals surface area contributed by atoms with Crippen LogP contribution in [0.3, 0.4) is 0 Å². The smallest absolute Gasteiger partial charge is 0.229 e. The van der Waals surface area contributed by atoms with Gasteiger partial charge in [0.2, 0.25) is 5.91 Å². The number of aliphatic hydroxyl groups is 1. The van der Waals surface area contributed by atoms with E-state index in [9.17, 15) is 9.90 Å². The highest BCUT2D eigenvalue weighted by Gasteiger charge is 2.51. The van der Waals surface area contributed by atoms with Crippen molar-refractivity contribution in [1.82, 2.24) is 4.90 Å². The van der Waals surface area contributed by atoms with E-state index in [1.165, 1.54) is 0 Å². The van der Waals surface area contributed by atoms with Gasteiger partial charge in [-0.05, 0) is 61.6 Å². The molecule has 3 nitrogen and oxygen atoms in total. The number of likely N-dealkylation sites (tertiary alicyclic amines) is 1. The molecule has 2 aromatic carbocycles. The molecule has 0 bridgehead atoms. The van der Waals surface area contributed by atoms with Crippen LogP contribution in [0.15, 0.2) is 61.2 Å². The number of amides is 1. The summed E-state index contributed by atoms with van der Waals surface area (Å²) in [5.41, 5.74) is 1.48. The number of nitrogens with zero attached hydrogens (tertiary/aromatic N) is 1. The predicted molar refractivity (Wildman–Crippen MR) is 129 cm³/mol. The van der Waals surface area contributed by atoms with Crippen LogP contribution in [0.5, 0.6) is 0 Å². The van der Waals surface area contributed by atoms with Gasteiger partial charge in [-0.25, -0.2) is 0 Å². The molecule has 2 unspecified atom stereocenters. The Kier molecular flexibility index (Phi) is 7.51. The maximum atomic E-state index is 14.0. The zero-order chi connectivity index (χ0) is 22.8. The highest BCUT2D eigenvalue weighted by atomic mass is 35.5. The van der Waals surface area contributed by atoms with Crippen LogP contribution in [0.2, 0.25) is 10.0 Å². The van der Waals surface area contributed by atoms with E-state index in [-0.39, 0.29) is 23.9 Å². The van der Waals surface area contributed by atoms with E-state index in [2.05, 4.69) is 12.6 Å². The van der Waals surface area contributed by atoms with Crippen molar-refractivity contribution in [1.29, 1.82) is 0 Å². The Morgan fingerprint density at radius 1 is 1.19 bits per heavy atom. The van der Waals surface area contributed by atoms with Gasteiger partial charge in [0.25, 0.3) is 0 Å². The number of carbonyl (C=O) groups is 1. The monoisotopic (exact) mass is 459 g/mol. The summed E-state index contributed by atoms with van der Waals surface area (Å²) in [6.45, 7) is 9.68. The van der Waals surface area contributed by atoms with Gasteiger partial charge in [0.05, 0.1) is 23.6 Å². The number of piperidine rings is 1. The molecule has 0 radical (unpaired) electrons. The van der Waals surface area contributed by atoms with Gasteiger partial charge in [-0.2, -0.15) is 0 Å². The summed E-state index contributed by atoms with van der Waals surface area (Å²) >= 11 is 12.5. The van der Waals surface area contributed by atoms with Crippen molar-refractivity contribution in [2.75, 3.05) is 0 Å². The molecular formula is C26H31Cl2NO2. The van der Waals surface area contributed by atoms with Crippen molar-refractivity contribution in [3.8, 4) is 0 Å². The Balaban J connectivity index is 2.24. The zero-order valence-corrected chi connectivity index (χ0v) is 19.9. The molecule has 1 fully saturated rings. The van der Waals surface area contributed by atoms with Crippen LogP contribution in [0.4, 0.5) is 0 Å². The number of hydrogen-bond donors (Lipinski definition) is 1. The van der Waals surface area contributed by atoms with Gasteiger partial charge in [0.15, 0.2) is 0 Å². The average Bonchev–Trinajstić information content (AvgIpc) is 2.72. The Morgan fingerprint density at radius 2 is 1.87 bits per heavy atom. The van der Waals surface area contributed by atoms with Crippen LogP contribution in [0, 0.1) is 5.41 Å². The molecule has 1 N–H and O–H groups in total. The molecule has 5 atom stereocenters. The maximum Gasteiger partial charge on any atom is 0.229 e. The van der Waals surface area contributed by atoms with E-state index < -0.39 is 11.5 Å². The SMILES string of the molecule is C=CC[C@@]1(C)C[C@H](c2cccc(Cl)c2)C(c2ccc(Cl)cc2)N([C@H](CC)C(C)O)C1=O. The van der Waals surface area contributed by atoms with Gasteiger partial charge < -0.3 is 10.0 Å². The molecule has 0 aliphatic carbocycles. The number of rotatable bonds is 7. The first-order valence-corrected chi connectivity index (χ1v) is 11.6. The van der Waals surface area contributed by atoms with Crippen LogP contribution in [-0.4, -0.2) is 28.1 Å². The van der Waals surface area contributed by atoms with E-state index in [0.717, 1.165) is 11.1 Å². The van der Waals surface area contributed by atoms with Crippen molar-refractivity contribution < 1.29 is 9.90 Å². The molecule has 1 heterocycles. The summed E-state index contributed by atoms with van der Waals surface area (Å²) in [4.78, 5) is 15.9. The van der Waals surface area contributed by atoms with Crippen molar-refractivity contribution >= 4 is 29.1 Å². The van der Waals surface area contributed by atoms with E-state index in [1.807, 2.05) is 67.3 Å². The maximum absolute atomic E-state index is 14.0. The molecular weight excluding hydrogens is 429 g/mol. The average molecular weight is 460 g/mol. The zero-order valence-electron chi connectivity index (χ0n) is 18.4. The fourth-order valence-corrected chi connectivity index (χ4v) is 5.35. The van der Waals surface area contributed by atoms with Crippen molar-refractivity contribution in [3.63, 3.8) is 0 Å². The lowest BCUT2D eigenvalue weighted by atomic mass is 9.67. The van der Waals surface area contributed by atoms with Gasteiger partial charge in [-0.1, -0.05) is 67.4 Å². The second-order valence-corrected chi connectivity index (χ2v) is 9.72. The molecule has 0 saturated carbocycles. The summed E-state index contributed by atoms with van der Waals surface area (Å²) < 4.78 is 0. The molecule has 0 spiro atoms. The number of hydrogen-bond acceptors (Lipinski definition) is 2. The third-order valence-electron chi connectivity index (χ3n) is 6.52. The second-order valence-electron chi connectivity index (χ2n) is 8.84. The molecule has 0 aromatic heterocycles. The topological polar surface area (TPSA) is 40.5 Å². The highest BCUT2D eigenvalue weighted by molar-refractivity contribution is 6.30. The standard InChI is InChI=1S/C26H31Cl2NO2/c1-5-14-26(4)16-22(19-8-7-9-21(28)15-19)24(18-10-12-20(27)13-11-18)29(25(26)31)23(6-2)17(3)30/h5,7-13,15,17,22-24,30H,1,6,14,16H2,2-4H3/t17?,22-,23-,24?,26+/m1/s1. The molecule has 31 heavy (non-hydrogen) atoms. The Hall–Kier alpha value is -1.81. The van der Waals surface area contributed by atoms with E-state index in [0.29, 0.717) is 29.3 Å². The van der Waals surface area contributed by atoms with Crippen LogP contribution < -0.4 is 0 Å². The first kappa shape index (κ1) is 23.8. The first-order chi connectivity index (χ1) is 14.7. The van der Waals surface area contributed by atoms with E-state index >= 15 is 0 Å². The van der Waals surface area contributed by atoms with Crippen LogP contribution in [-0.2, 0) is 4.79 Å². The first-order valence-electron chi connectivity index (χ1n) is 10.8. The lowest BCUT2D eigenvalue weighted by Crippen LogP contribution is -2.57. The Labute approximate surface area is 195 Å². The summed E-state index contributed by atoms with van der Waals surface area (Å²) in [6.07, 6.45) is 3.05. The van der Waals surface area contributed by atoms with Gasteiger partial charge in [0, 0.05) is 16.0 Å². The molecule has 1 saturated heterocycles. The van der Waals surface area contributed by atoms with Gasteiger partial charge in [0.1, 0.15) is 0 Å². The molecule has 1 aliphatic rings. The quantitative estimate of drug-likeness (QED) is 0.462. The lowest BCUT2D eigenvalue weighted by Gasteiger charge is -2.52. The Bertz CT molecular complexity index is 927. The third-order valence-corrected chi connectivity index (χ3v) is 7.00. The van der Waals surface area contributed by atoms with Crippen molar-refractivity contribution in [2.45, 2.75) is 64.1 Å². The lowest BCUT2D eigenvalue weighted by molar-refractivity contribution is -0.158. The largest absolute Gasteiger partial charge is 0.391 e. The van der Waals surface area contributed by atoms with Crippen molar-refractivity contribution in [3.05, 3.63) is 82.4 Å². The molecule has 2 aromatic rings. The van der Waals surface area contributed by atoms with Gasteiger partial charge in [-0.15, -0.1) is 6.58 Å². The fourth-order valence-electron chi connectivity index (χ4n) is 5.02. The minimum Gasteiger partial charge on any atom is -0.391 e. The van der Waals surface area contributed by atoms with Crippen LogP contribution >= 0.6 is 23.2 Å². The fraction of sp³-hybridized carbons (Fsp3) is 0.423. The third kappa shape index (κ3) is 4.84. The normalized spacial score (nSPS) is 25.9. The van der Waals surface area contributed by atoms with E-state index in [4.69, 9.17) is 23.2 Å². The van der Waals surface area contributed by atoms with Crippen LogP contribution in [0.1, 0.15) is 63.1 Å². The summed E-state index contributed by atoms with van der Waals surface area (Å²) in [5.74, 6) is 0.0636. The van der Waals surface area contributed by atoms with Crippen molar-refractivity contribution in [2.24, 2.45) is 5.41 Å². The minimum atomic E-state index is -0.658. The predicted octanol–water partition coefficient (Wildman–Crippen LogP) is 6.79. The minimum absolute atomic E-state index is 0.00956. The van der Waals surface area contributed by atoms with Crippen LogP contribution in [0.25, 0.3) is 0 Å².